The van der Waals surface area contributed by atoms with Gasteiger partial charge in [-0.15, -0.1) is 0 Å². The number of rotatable bonds is 2. The molecule has 0 aliphatic heterocycles. The zero-order valence-corrected chi connectivity index (χ0v) is 9.02. The molecule has 0 amide bonds. The molecule has 0 aromatic carbocycles. The fourth-order valence-corrected chi connectivity index (χ4v) is 1.33. The van der Waals surface area contributed by atoms with Gasteiger partial charge in [-0.3, -0.25) is 0 Å². The number of nitrogens with one attached hydrogen (secondary N) is 1. The number of hydrogen-bond donors (Lipinski definition) is 2. The van der Waals surface area contributed by atoms with E-state index in [-0.39, 0.29) is 5.69 Å². The molecule has 0 spiro atoms. The Bertz CT molecular complexity index is 492. The average molecular weight is 268 g/mol. The Hall–Kier alpha value is -1.69. The number of aromatic carboxylic acids is 1. The molecule has 0 atom stereocenters. The number of aromatic amines is 1. The van der Waals surface area contributed by atoms with Gasteiger partial charge < -0.3 is 10.1 Å². The van der Waals surface area contributed by atoms with Crippen LogP contribution in [0.4, 0.5) is 0 Å². The zero-order valence-electron chi connectivity index (χ0n) is 7.44. The number of imidazole rings is 1. The van der Waals surface area contributed by atoms with Gasteiger partial charge in [0.1, 0.15) is 10.4 Å². The first kappa shape index (κ1) is 9.85. The maximum atomic E-state index is 10.6. The largest absolute Gasteiger partial charge is 0.476 e. The molecule has 0 unspecified atom stereocenters. The van der Waals surface area contributed by atoms with Gasteiger partial charge in [0.2, 0.25) is 0 Å². The first-order valence-corrected chi connectivity index (χ1v) is 4.87. The van der Waals surface area contributed by atoms with Crippen LogP contribution in [0.5, 0.6) is 0 Å². The number of pyridine rings is 1. The van der Waals surface area contributed by atoms with Gasteiger partial charge in [0.25, 0.3) is 0 Å². The van der Waals surface area contributed by atoms with Gasteiger partial charge in [-0.2, -0.15) is 0 Å². The Morgan fingerprint density at radius 1 is 1.47 bits per heavy atom. The minimum absolute atomic E-state index is 0.00656. The lowest BCUT2D eigenvalue weighted by molar-refractivity contribution is 0.0691. The van der Waals surface area contributed by atoms with Crippen LogP contribution in [-0.4, -0.2) is 26.0 Å². The lowest BCUT2D eigenvalue weighted by Crippen LogP contribution is -1.95. The van der Waals surface area contributed by atoms with Crippen molar-refractivity contribution in [3.8, 4) is 11.4 Å². The van der Waals surface area contributed by atoms with Gasteiger partial charge in [0.15, 0.2) is 5.69 Å². The SMILES string of the molecule is O=C(O)c1c[nH]c(-c2ccc(Br)nc2)n1. The maximum absolute atomic E-state index is 10.6. The number of hydrogen-bond acceptors (Lipinski definition) is 3. The summed E-state index contributed by atoms with van der Waals surface area (Å²) >= 11 is 3.21. The Labute approximate surface area is 93.3 Å². The highest BCUT2D eigenvalue weighted by Crippen LogP contribution is 2.16. The number of carboxylic acids is 1. The lowest BCUT2D eigenvalue weighted by Gasteiger charge is -1.94. The van der Waals surface area contributed by atoms with Crippen LogP contribution in [0.25, 0.3) is 11.4 Å². The van der Waals surface area contributed by atoms with Gasteiger partial charge in [-0.05, 0) is 28.1 Å². The molecule has 2 aromatic heterocycles. The molecule has 0 aliphatic rings. The Balaban J connectivity index is 2.37. The smallest absolute Gasteiger partial charge is 0.356 e. The fraction of sp³-hybridized carbons (Fsp3) is 0. The van der Waals surface area contributed by atoms with Crippen LogP contribution >= 0.6 is 15.9 Å². The van der Waals surface area contributed by atoms with E-state index in [1.165, 1.54) is 6.20 Å². The fourth-order valence-electron chi connectivity index (χ4n) is 1.10. The summed E-state index contributed by atoms with van der Waals surface area (Å²) in [5.41, 5.74) is 0.735. The molecule has 15 heavy (non-hydrogen) atoms. The van der Waals surface area contributed by atoms with Crippen molar-refractivity contribution in [2.24, 2.45) is 0 Å². The summed E-state index contributed by atoms with van der Waals surface area (Å²) < 4.78 is 0.719. The molecule has 0 saturated heterocycles. The first-order valence-electron chi connectivity index (χ1n) is 4.07. The summed E-state index contributed by atoms with van der Waals surface area (Å²) in [4.78, 5) is 21.3. The molecule has 2 rings (SSSR count). The highest BCUT2D eigenvalue weighted by atomic mass is 79.9. The highest BCUT2D eigenvalue weighted by molar-refractivity contribution is 9.10. The summed E-state index contributed by atoms with van der Waals surface area (Å²) in [7, 11) is 0. The molecular weight excluding hydrogens is 262 g/mol. The monoisotopic (exact) mass is 267 g/mol. The standard InChI is InChI=1S/C9H6BrN3O2/c10-7-2-1-5(3-11-7)8-12-4-6(13-8)9(14)15/h1-4H,(H,12,13)(H,14,15). The molecule has 0 bridgehead atoms. The van der Waals surface area contributed by atoms with Gasteiger partial charge in [-0.25, -0.2) is 14.8 Å². The van der Waals surface area contributed by atoms with E-state index in [9.17, 15) is 4.79 Å². The Kier molecular flexibility index (Phi) is 2.51. The number of carboxylic acid groups (broad SMARTS) is 1. The van der Waals surface area contributed by atoms with Crippen LogP contribution in [0.2, 0.25) is 0 Å². The summed E-state index contributed by atoms with van der Waals surface area (Å²) in [5, 5.41) is 8.68. The van der Waals surface area contributed by atoms with E-state index in [0.29, 0.717) is 5.82 Å². The summed E-state index contributed by atoms with van der Waals surface area (Å²) in [5.74, 6) is -0.560. The predicted molar refractivity (Wildman–Crippen MR) is 56.5 cm³/mol. The second-order valence-electron chi connectivity index (χ2n) is 2.81. The van der Waals surface area contributed by atoms with Crippen LogP contribution in [0.1, 0.15) is 10.5 Å². The van der Waals surface area contributed by atoms with E-state index < -0.39 is 5.97 Å². The van der Waals surface area contributed by atoms with Crippen molar-refractivity contribution in [3.05, 3.63) is 34.8 Å². The molecule has 2 aromatic rings. The molecule has 2 heterocycles. The van der Waals surface area contributed by atoms with Gasteiger partial charge in [-0.1, -0.05) is 0 Å². The predicted octanol–water partition coefficient (Wildman–Crippen LogP) is 1.93. The molecule has 0 fully saturated rings. The maximum Gasteiger partial charge on any atom is 0.356 e. The Morgan fingerprint density at radius 2 is 2.27 bits per heavy atom. The van der Waals surface area contributed by atoms with Crippen molar-refractivity contribution in [1.29, 1.82) is 0 Å². The van der Waals surface area contributed by atoms with Gasteiger partial charge in [0, 0.05) is 18.0 Å². The number of H-pyrrole nitrogens is 1. The third kappa shape index (κ3) is 2.04. The van der Waals surface area contributed by atoms with Crippen molar-refractivity contribution in [2.75, 3.05) is 0 Å². The van der Waals surface area contributed by atoms with E-state index in [1.54, 1.807) is 18.3 Å². The van der Waals surface area contributed by atoms with Crippen LogP contribution in [0.15, 0.2) is 29.1 Å². The number of carbonyl (C=O) groups is 1. The average Bonchev–Trinajstić information content (AvgIpc) is 2.68. The molecule has 76 valence electrons. The second kappa shape index (κ2) is 3.82. The summed E-state index contributed by atoms with van der Waals surface area (Å²) in [6.45, 7) is 0. The lowest BCUT2D eigenvalue weighted by atomic mass is 10.3. The topological polar surface area (TPSA) is 78.9 Å². The molecule has 0 saturated carbocycles. The third-order valence-electron chi connectivity index (χ3n) is 1.80. The van der Waals surface area contributed by atoms with Crippen molar-refractivity contribution in [2.45, 2.75) is 0 Å². The summed E-state index contributed by atoms with van der Waals surface area (Å²) in [6, 6.07) is 3.56. The normalized spacial score (nSPS) is 10.2. The van der Waals surface area contributed by atoms with Crippen LogP contribution < -0.4 is 0 Å². The van der Waals surface area contributed by atoms with Crippen molar-refractivity contribution in [3.63, 3.8) is 0 Å². The van der Waals surface area contributed by atoms with E-state index in [0.717, 1.165) is 10.2 Å². The highest BCUT2D eigenvalue weighted by Gasteiger charge is 2.09. The zero-order chi connectivity index (χ0) is 10.8. The van der Waals surface area contributed by atoms with Gasteiger partial charge in [0.05, 0.1) is 0 Å². The molecule has 0 aliphatic carbocycles. The van der Waals surface area contributed by atoms with Crippen LogP contribution in [0.3, 0.4) is 0 Å². The third-order valence-corrected chi connectivity index (χ3v) is 2.27. The molecule has 5 nitrogen and oxygen atoms in total. The Morgan fingerprint density at radius 3 is 2.80 bits per heavy atom. The molecular formula is C9H6BrN3O2. The van der Waals surface area contributed by atoms with E-state index in [1.807, 2.05) is 0 Å². The van der Waals surface area contributed by atoms with E-state index in [4.69, 9.17) is 5.11 Å². The van der Waals surface area contributed by atoms with Crippen LogP contribution in [0, 0.1) is 0 Å². The summed E-state index contributed by atoms with van der Waals surface area (Å²) in [6.07, 6.45) is 2.95. The van der Waals surface area contributed by atoms with Crippen molar-refractivity contribution in [1.82, 2.24) is 15.0 Å². The molecule has 2 N–H and O–H groups in total. The number of halogens is 1. The first-order chi connectivity index (χ1) is 7.16. The number of nitrogens with zero attached hydrogens (tertiary/aromatic N) is 2. The van der Waals surface area contributed by atoms with E-state index in [2.05, 4.69) is 30.9 Å². The van der Waals surface area contributed by atoms with Crippen molar-refractivity contribution >= 4 is 21.9 Å². The minimum atomic E-state index is -1.05. The molecule has 6 heteroatoms. The van der Waals surface area contributed by atoms with Crippen molar-refractivity contribution < 1.29 is 9.90 Å². The minimum Gasteiger partial charge on any atom is -0.476 e. The number of aromatic nitrogens is 3. The second-order valence-corrected chi connectivity index (χ2v) is 3.62. The van der Waals surface area contributed by atoms with Crippen LogP contribution in [-0.2, 0) is 0 Å². The van der Waals surface area contributed by atoms with E-state index >= 15 is 0 Å². The molecule has 0 radical (unpaired) electrons. The van der Waals surface area contributed by atoms with Gasteiger partial charge >= 0.3 is 5.97 Å². The quantitative estimate of drug-likeness (QED) is 0.815.